The molecule has 0 aromatic carbocycles. The van der Waals surface area contributed by atoms with Crippen LogP contribution in [0.1, 0.15) is 51.4 Å². The Bertz CT molecular complexity index is 507. The molecule has 0 atom stereocenters. The quantitative estimate of drug-likeness (QED) is 0.554. The number of likely N-dealkylation sites (tertiary alicyclic amines) is 1. The van der Waals surface area contributed by atoms with Gasteiger partial charge in [0, 0.05) is 31.9 Å². The highest BCUT2D eigenvalue weighted by Crippen LogP contribution is 2.35. The molecule has 1 saturated carbocycles. The number of piperidine rings is 1. The maximum Gasteiger partial charge on any atom is 0.191 e. The van der Waals surface area contributed by atoms with E-state index in [4.69, 9.17) is 0 Å². The molecule has 0 unspecified atom stereocenters. The Morgan fingerprint density at radius 3 is 2.25 bits per heavy atom. The second kappa shape index (κ2) is 9.04. The van der Waals surface area contributed by atoms with Gasteiger partial charge in [0.2, 0.25) is 0 Å². The lowest BCUT2D eigenvalue weighted by Gasteiger charge is -2.48. The Balaban J connectivity index is 1.91. The summed E-state index contributed by atoms with van der Waals surface area (Å²) in [5.74, 6) is 0.839. The lowest BCUT2D eigenvalue weighted by molar-refractivity contribution is 0.0368. The third-order valence-corrected chi connectivity index (χ3v) is 6.33. The average Bonchev–Trinajstić information content (AvgIpc) is 2.58. The second-order valence-corrected chi connectivity index (χ2v) is 9.57. The molecule has 140 valence electrons. The van der Waals surface area contributed by atoms with Gasteiger partial charge in [-0.05, 0) is 38.8 Å². The van der Waals surface area contributed by atoms with E-state index in [1.165, 1.54) is 70.7 Å². The fraction of sp³-hybridized carbons (Fsp3) is 0.941. The van der Waals surface area contributed by atoms with Crippen LogP contribution >= 0.6 is 0 Å². The molecule has 0 radical (unpaired) electrons. The summed E-state index contributed by atoms with van der Waals surface area (Å²) >= 11 is 0. The number of rotatable bonds is 6. The molecule has 1 aliphatic carbocycles. The summed E-state index contributed by atoms with van der Waals surface area (Å²) in [4.78, 5) is 6.95. The molecule has 2 fully saturated rings. The van der Waals surface area contributed by atoms with Crippen molar-refractivity contribution in [1.82, 2.24) is 15.5 Å². The Morgan fingerprint density at radius 1 is 1.04 bits per heavy atom. The molecule has 0 aromatic heterocycles. The SMILES string of the molecule is CN=C(NCCS(C)(=O)=O)NCC1(N2CCCCC2)CCCCC1. The van der Waals surface area contributed by atoms with E-state index in [1.807, 2.05) is 0 Å². The van der Waals surface area contributed by atoms with Crippen LogP contribution in [0.3, 0.4) is 0 Å². The number of guanidine groups is 1. The zero-order chi connectivity index (χ0) is 17.5. The largest absolute Gasteiger partial charge is 0.355 e. The molecule has 1 saturated heterocycles. The van der Waals surface area contributed by atoms with Gasteiger partial charge in [0.15, 0.2) is 5.96 Å². The number of nitrogens with zero attached hydrogens (tertiary/aromatic N) is 2. The average molecular weight is 359 g/mol. The zero-order valence-electron chi connectivity index (χ0n) is 15.3. The van der Waals surface area contributed by atoms with Crippen molar-refractivity contribution in [2.75, 3.05) is 45.2 Å². The minimum Gasteiger partial charge on any atom is -0.355 e. The minimum atomic E-state index is -2.95. The Hall–Kier alpha value is -0.820. The van der Waals surface area contributed by atoms with Crippen LogP contribution in [-0.4, -0.2) is 70.1 Å². The number of nitrogens with one attached hydrogen (secondary N) is 2. The topological polar surface area (TPSA) is 73.8 Å². The van der Waals surface area contributed by atoms with E-state index < -0.39 is 9.84 Å². The van der Waals surface area contributed by atoms with E-state index in [0.29, 0.717) is 12.5 Å². The summed E-state index contributed by atoms with van der Waals surface area (Å²) in [5.41, 5.74) is 0.243. The van der Waals surface area contributed by atoms with Crippen molar-refractivity contribution in [2.24, 2.45) is 4.99 Å². The summed E-state index contributed by atoms with van der Waals surface area (Å²) in [5, 5.41) is 6.59. The van der Waals surface area contributed by atoms with E-state index in [9.17, 15) is 8.42 Å². The number of hydrogen-bond donors (Lipinski definition) is 2. The monoisotopic (exact) mass is 358 g/mol. The minimum absolute atomic E-state index is 0.130. The van der Waals surface area contributed by atoms with E-state index in [1.54, 1.807) is 7.05 Å². The Morgan fingerprint density at radius 2 is 1.67 bits per heavy atom. The van der Waals surface area contributed by atoms with Crippen LogP contribution in [0, 0.1) is 0 Å². The molecule has 0 aromatic rings. The van der Waals surface area contributed by atoms with Crippen LogP contribution in [0.2, 0.25) is 0 Å². The van der Waals surface area contributed by atoms with Crippen molar-refractivity contribution < 1.29 is 8.42 Å². The molecule has 7 heteroatoms. The maximum absolute atomic E-state index is 11.3. The lowest BCUT2D eigenvalue weighted by atomic mass is 9.79. The van der Waals surface area contributed by atoms with Crippen molar-refractivity contribution in [3.8, 4) is 0 Å². The molecule has 2 aliphatic rings. The van der Waals surface area contributed by atoms with Gasteiger partial charge in [-0.25, -0.2) is 8.42 Å². The normalized spacial score (nSPS) is 23.0. The van der Waals surface area contributed by atoms with Gasteiger partial charge in [0.25, 0.3) is 0 Å². The predicted octanol–water partition coefficient (Wildman–Crippen LogP) is 1.38. The van der Waals surface area contributed by atoms with Gasteiger partial charge in [-0.2, -0.15) is 0 Å². The summed E-state index contributed by atoms with van der Waals surface area (Å²) in [6, 6.07) is 0. The van der Waals surface area contributed by atoms with Gasteiger partial charge in [0.05, 0.1) is 5.75 Å². The molecular weight excluding hydrogens is 324 g/mol. The molecule has 1 aliphatic heterocycles. The van der Waals surface area contributed by atoms with Crippen LogP contribution in [-0.2, 0) is 9.84 Å². The highest BCUT2D eigenvalue weighted by Gasteiger charge is 2.38. The van der Waals surface area contributed by atoms with E-state index in [-0.39, 0.29) is 11.3 Å². The summed E-state index contributed by atoms with van der Waals surface area (Å²) in [6.45, 7) is 3.71. The van der Waals surface area contributed by atoms with Crippen LogP contribution in [0.15, 0.2) is 4.99 Å². The van der Waals surface area contributed by atoms with Gasteiger partial charge in [0.1, 0.15) is 9.84 Å². The number of sulfone groups is 1. The van der Waals surface area contributed by atoms with E-state index in [2.05, 4.69) is 20.5 Å². The molecule has 2 N–H and O–H groups in total. The van der Waals surface area contributed by atoms with Crippen molar-refractivity contribution >= 4 is 15.8 Å². The highest BCUT2D eigenvalue weighted by molar-refractivity contribution is 7.90. The molecule has 0 spiro atoms. The summed E-state index contributed by atoms with van der Waals surface area (Å²) < 4.78 is 22.5. The summed E-state index contributed by atoms with van der Waals surface area (Å²) in [7, 11) is -1.21. The second-order valence-electron chi connectivity index (χ2n) is 7.32. The fourth-order valence-corrected chi connectivity index (χ4v) is 4.48. The van der Waals surface area contributed by atoms with Gasteiger partial charge >= 0.3 is 0 Å². The van der Waals surface area contributed by atoms with Crippen LogP contribution < -0.4 is 10.6 Å². The van der Waals surface area contributed by atoms with E-state index in [0.717, 1.165) is 6.54 Å². The summed E-state index contributed by atoms with van der Waals surface area (Å²) in [6.07, 6.45) is 11.7. The van der Waals surface area contributed by atoms with Crippen LogP contribution in [0.5, 0.6) is 0 Å². The smallest absolute Gasteiger partial charge is 0.191 e. The number of hydrogen-bond acceptors (Lipinski definition) is 4. The molecule has 6 nitrogen and oxygen atoms in total. The van der Waals surface area contributed by atoms with Gasteiger partial charge < -0.3 is 10.6 Å². The van der Waals surface area contributed by atoms with Crippen LogP contribution in [0.4, 0.5) is 0 Å². The van der Waals surface area contributed by atoms with Crippen LogP contribution in [0.25, 0.3) is 0 Å². The van der Waals surface area contributed by atoms with Crippen molar-refractivity contribution in [1.29, 1.82) is 0 Å². The predicted molar refractivity (Wildman–Crippen MR) is 100 cm³/mol. The third-order valence-electron chi connectivity index (χ3n) is 5.38. The molecule has 0 amide bonds. The first-order valence-electron chi connectivity index (χ1n) is 9.32. The number of aliphatic imine (C=N–C) groups is 1. The standard InChI is InChI=1S/C17H34N4O2S/c1-18-16(19-11-14-24(2,22)23)20-15-17(9-5-3-6-10-17)21-12-7-4-8-13-21/h3-15H2,1-2H3,(H2,18,19,20). The van der Waals surface area contributed by atoms with Crippen molar-refractivity contribution in [2.45, 2.75) is 56.9 Å². The van der Waals surface area contributed by atoms with Gasteiger partial charge in [-0.15, -0.1) is 0 Å². The first-order chi connectivity index (χ1) is 11.5. The Labute approximate surface area is 147 Å². The van der Waals surface area contributed by atoms with Crippen molar-refractivity contribution in [3.05, 3.63) is 0 Å². The molecule has 0 bridgehead atoms. The zero-order valence-corrected chi connectivity index (χ0v) is 16.1. The van der Waals surface area contributed by atoms with Gasteiger partial charge in [-0.3, -0.25) is 9.89 Å². The van der Waals surface area contributed by atoms with E-state index >= 15 is 0 Å². The fourth-order valence-electron chi connectivity index (χ4n) is 4.01. The molecule has 2 rings (SSSR count). The molecule has 24 heavy (non-hydrogen) atoms. The third kappa shape index (κ3) is 5.92. The van der Waals surface area contributed by atoms with Crippen molar-refractivity contribution in [3.63, 3.8) is 0 Å². The molecule has 1 heterocycles. The Kier molecular flexibility index (Phi) is 7.34. The lowest BCUT2D eigenvalue weighted by Crippen LogP contribution is -2.59. The first kappa shape index (κ1) is 19.5. The maximum atomic E-state index is 11.3. The first-order valence-corrected chi connectivity index (χ1v) is 11.4. The van der Waals surface area contributed by atoms with Gasteiger partial charge in [-0.1, -0.05) is 25.7 Å². The highest BCUT2D eigenvalue weighted by atomic mass is 32.2. The molecular formula is C17H34N4O2S.